The zero-order valence-corrected chi connectivity index (χ0v) is 22.1. The molecule has 5 rings (SSSR count). The summed E-state index contributed by atoms with van der Waals surface area (Å²) in [7, 11) is -3.83. The Kier molecular flexibility index (Phi) is 7.23. The largest absolute Gasteiger partial charge is 0.425 e. The van der Waals surface area contributed by atoms with Crippen LogP contribution >= 0.6 is 15.9 Å². The lowest BCUT2D eigenvalue weighted by Gasteiger charge is -2.23. The second-order valence-corrected chi connectivity index (χ2v) is 11.1. The lowest BCUT2D eigenvalue weighted by molar-refractivity contribution is 0.401. The molecule has 0 amide bonds. The van der Waals surface area contributed by atoms with Crippen LogP contribution in [0.1, 0.15) is 11.1 Å². The average Bonchev–Trinajstić information content (AvgIpc) is 3.23. The predicted octanol–water partition coefficient (Wildman–Crippen LogP) is 6.25. The second kappa shape index (κ2) is 10.7. The molecule has 1 aromatic heterocycles. The zero-order valence-electron chi connectivity index (χ0n) is 19.7. The summed E-state index contributed by atoms with van der Waals surface area (Å²) in [5, 5.41) is 0. The molecule has 186 valence electrons. The fourth-order valence-corrected chi connectivity index (χ4v) is 6.10. The number of hydrogen-bond donors (Lipinski definition) is 0. The van der Waals surface area contributed by atoms with Gasteiger partial charge in [-0.1, -0.05) is 91.0 Å². The van der Waals surface area contributed by atoms with Crippen molar-refractivity contribution in [3.8, 4) is 16.9 Å². The minimum absolute atomic E-state index is 0.163. The van der Waals surface area contributed by atoms with Crippen LogP contribution in [0.15, 0.2) is 134 Å². The third-order valence-corrected chi connectivity index (χ3v) is 8.30. The van der Waals surface area contributed by atoms with Gasteiger partial charge >= 0.3 is 5.76 Å². The van der Waals surface area contributed by atoms with Gasteiger partial charge in [0.25, 0.3) is 0 Å². The first-order valence-corrected chi connectivity index (χ1v) is 13.8. The molecule has 1 heterocycles. The van der Waals surface area contributed by atoms with Crippen LogP contribution in [0.25, 0.3) is 16.9 Å². The van der Waals surface area contributed by atoms with Gasteiger partial charge < -0.3 is 4.42 Å². The Morgan fingerprint density at radius 2 is 1.19 bits per heavy atom. The lowest BCUT2D eigenvalue weighted by atomic mass is 10.1. The van der Waals surface area contributed by atoms with E-state index in [4.69, 9.17) is 4.42 Å². The number of aromatic nitrogens is 1. The van der Waals surface area contributed by atoms with Gasteiger partial charge in [-0.05, 0) is 51.3 Å². The Hall–Kier alpha value is -3.72. The first-order valence-electron chi connectivity index (χ1n) is 11.6. The van der Waals surface area contributed by atoms with E-state index in [1.54, 1.807) is 36.4 Å². The van der Waals surface area contributed by atoms with Crippen LogP contribution in [0.5, 0.6) is 0 Å². The Bertz CT molecular complexity index is 1610. The maximum absolute atomic E-state index is 13.8. The van der Waals surface area contributed by atoms with Gasteiger partial charge in [0, 0.05) is 18.7 Å². The molecule has 5 aromatic rings. The molecule has 0 bridgehead atoms. The van der Waals surface area contributed by atoms with Crippen LogP contribution in [-0.4, -0.2) is 17.3 Å². The molecule has 8 heteroatoms. The number of para-hydroxylation sites is 1. The highest BCUT2D eigenvalue weighted by molar-refractivity contribution is 9.10. The monoisotopic (exact) mass is 574 g/mol. The third kappa shape index (κ3) is 5.36. The van der Waals surface area contributed by atoms with Gasteiger partial charge in [0.15, 0.2) is 4.67 Å². The Labute approximate surface area is 223 Å². The SMILES string of the molecule is O=c1oc(Br)c(-c2ccc(S(=O)(=O)N(Cc3ccccc3)Cc3ccccc3)cc2)n1-c1ccccc1. The molecule has 0 unspecified atom stereocenters. The molecular formula is C29H23BrN2O4S. The number of sulfonamides is 1. The minimum atomic E-state index is -3.83. The van der Waals surface area contributed by atoms with Crippen LogP contribution in [0.2, 0.25) is 0 Å². The molecule has 0 saturated heterocycles. The van der Waals surface area contributed by atoms with Gasteiger partial charge in [-0.3, -0.25) is 0 Å². The van der Waals surface area contributed by atoms with E-state index in [0.29, 0.717) is 16.9 Å². The molecule has 0 fully saturated rings. The number of hydrogen-bond acceptors (Lipinski definition) is 4. The molecule has 0 saturated carbocycles. The van der Waals surface area contributed by atoms with Gasteiger partial charge in [0.05, 0.1) is 10.6 Å². The zero-order chi connectivity index (χ0) is 25.8. The molecule has 0 atom stereocenters. The van der Waals surface area contributed by atoms with Crippen molar-refractivity contribution in [3.63, 3.8) is 0 Å². The second-order valence-electron chi connectivity index (χ2n) is 8.43. The van der Waals surface area contributed by atoms with E-state index >= 15 is 0 Å². The molecule has 37 heavy (non-hydrogen) atoms. The van der Waals surface area contributed by atoms with E-state index in [-0.39, 0.29) is 22.7 Å². The maximum Gasteiger partial charge on any atom is 0.425 e. The lowest BCUT2D eigenvalue weighted by Crippen LogP contribution is -2.30. The normalized spacial score (nSPS) is 11.6. The highest BCUT2D eigenvalue weighted by atomic mass is 79.9. The van der Waals surface area contributed by atoms with Crippen LogP contribution in [0.3, 0.4) is 0 Å². The van der Waals surface area contributed by atoms with Crippen molar-refractivity contribution >= 4 is 26.0 Å². The first-order chi connectivity index (χ1) is 17.9. The van der Waals surface area contributed by atoms with E-state index in [2.05, 4.69) is 15.9 Å². The van der Waals surface area contributed by atoms with E-state index in [0.717, 1.165) is 11.1 Å². The van der Waals surface area contributed by atoms with Crippen LogP contribution in [0, 0.1) is 0 Å². The number of halogens is 1. The summed E-state index contributed by atoms with van der Waals surface area (Å²) < 4.78 is 36.1. The predicted molar refractivity (Wildman–Crippen MR) is 147 cm³/mol. The maximum atomic E-state index is 13.8. The summed E-state index contributed by atoms with van der Waals surface area (Å²) in [6, 6.07) is 34.7. The fraction of sp³-hybridized carbons (Fsp3) is 0.0690. The van der Waals surface area contributed by atoms with Crippen LogP contribution in [-0.2, 0) is 23.1 Å². The van der Waals surface area contributed by atoms with E-state index in [9.17, 15) is 13.2 Å². The van der Waals surface area contributed by atoms with Gasteiger partial charge in [-0.15, -0.1) is 0 Å². The van der Waals surface area contributed by atoms with Crippen molar-refractivity contribution in [2.75, 3.05) is 0 Å². The molecule has 0 aliphatic rings. The summed E-state index contributed by atoms with van der Waals surface area (Å²) in [6.07, 6.45) is 0. The highest BCUT2D eigenvalue weighted by Gasteiger charge is 2.26. The number of oxazole rings is 1. The number of benzene rings is 4. The summed E-state index contributed by atoms with van der Waals surface area (Å²) in [4.78, 5) is 12.7. The van der Waals surface area contributed by atoms with Crippen molar-refractivity contribution < 1.29 is 12.8 Å². The molecular weight excluding hydrogens is 552 g/mol. The van der Waals surface area contributed by atoms with E-state index in [1.165, 1.54) is 8.87 Å². The molecule has 0 radical (unpaired) electrons. The van der Waals surface area contributed by atoms with E-state index < -0.39 is 15.8 Å². The Morgan fingerprint density at radius 3 is 1.70 bits per heavy atom. The Balaban J connectivity index is 1.51. The van der Waals surface area contributed by atoms with Crippen molar-refractivity contribution in [2.45, 2.75) is 18.0 Å². The first kappa shape index (κ1) is 25.0. The van der Waals surface area contributed by atoms with Crippen molar-refractivity contribution in [2.24, 2.45) is 0 Å². The summed E-state index contributed by atoms with van der Waals surface area (Å²) in [6.45, 7) is 0.474. The topological polar surface area (TPSA) is 72.5 Å². The van der Waals surface area contributed by atoms with Crippen molar-refractivity contribution in [1.29, 1.82) is 0 Å². The quantitative estimate of drug-likeness (QED) is 0.219. The minimum Gasteiger partial charge on any atom is -0.400 e. The number of nitrogens with zero attached hydrogens (tertiary/aromatic N) is 2. The van der Waals surface area contributed by atoms with Gasteiger partial charge in [-0.25, -0.2) is 17.8 Å². The number of rotatable bonds is 8. The summed E-state index contributed by atoms with van der Waals surface area (Å²) in [5.41, 5.74) is 3.58. The van der Waals surface area contributed by atoms with Crippen molar-refractivity contribution in [3.05, 3.63) is 142 Å². The molecule has 0 spiro atoms. The smallest absolute Gasteiger partial charge is 0.400 e. The average molecular weight is 575 g/mol. The van der Waals surface area contributed by atoms with E-state index in [1.807, 2.05) is 78.9 Å². The fourth-order valence-electron chi connectivity index (χ4n) is 4.14. The standard InChI is InChI=1S/C29H23BrN2O4S/c30-28-27(32(29(33)36-28)25-14-8-3-9-15-25)24-16-18-26(19-17-24)37(34,35)31(20-22-10-4-1-5-11-22)21-23-12-6-2-7-13-23/h1-19H,20-21H2. The van der Waals surface area contributed by atoms with Gasteiger partial charge in [0.1, 0.15) is 5.69 Å². The highest BCUT2D eigenvalue weighted by Crippen LogP contribution is 2.31. The molecule has 0 aliphatic carbocycles. The van der Waals surface area contributed by atoms with Crippen LogP contribution < -0.4 is 5.76 Å². The summed E-state index contributed by atoms with van der Waals surface area (Å²) >= 11 is 3.34. The van der Waals surface area contributed by atoms with Gasteiger partial charge in [-0.2, -0.15) is 4.31 Å². The third-order valence-electron chi connectivity index (χ3n) is 5.95. The molecule has 0 N–H and O–H groups in total. The molecule has 0 aliphatic heterocycles. The molecule has 4 aromatic carbocycles. The molecule has 6 nitrogen and oxygen atoms in total. The van der Waals surface area contributed by atoms with Crippen LogP contribution in [0.4, 0.5) is 0 Å². The Morgan fingerprint density at radius 1 is 0.703 bits per heavy atom. The van der Waals surface area contributed by atoms with Crippen molar-refractivity contribution in [1.82, 2.24) is 8.87 Å². The van der Waals surface area contributed by atoms with Gasteiger partial charge in [0.2, 0.25) is 10.0 Å². The summed E-state index contributed by atoms with van der Waals surface area (Å²) in [5.74, 6) is -0.540.